The Bertz CT molecular complexity index is 55.8. The lowest BCUT2D eigenvalue weighted by molar-refractivity contribution is 0.502. The van der Waals surface area contributed by atoms with Gasteiger partial charge in [-0.15, -0.1) is 0 Å². The van der Waals surface area contributed by atoms with Crippen molar-refractivity contribution in [2.75, 3.05) is 6.66 Å². The molecule has 0 rings (SSSR count). The van der Waals surface area contributed by atoms with Gasteiger partial charge in [-0.2, -0.15) is 8.39 Å². The molecule has 0 aromatic carbocycles. The van der Waals surface area contributed by atoms with Gasteiger partial charge in [-0.05, 0) is 0 Å². The number of halogens is 2. The summed E-state index contributed by atoms with van der Waals surface area (Å²) < 4.78 is 30.0. The highest BCUT2D eigenvalue weighted by Gasteiger charge is 2.04. The Morgan fingerprint density at radius 1 is 1.60 bits per heavy atom. The first-order valence-electron chi connectivity index (χ1n) is 0.968. The van der Waals surface area contributed by atoms with E-state index in [1.165, 1.54) is 0 Å². The van der Waals surface area contributed by atoms with Gasteiger partial charge in [-0.3, -0.25) is 4.57 Å². The van der Waals surface area contributed by atoms with Crippen molar-refractivity contribution in [2.45, 2.75) is 0 Å². The molecule has 0 aromatic heterocycles. The predicted molar refractivity (Wildman–Crippen MR) is 15.7 cm³/mol. The van der Waals surface area contributed by atoms with E-state index in [1.807, 2.05) is 0 Å². The smallest absolute Gasteiger partial charge is 0.250 e. The monoisotopic (exact) mass is 102 g/mol. The van der Waals surface area contributed by atoms with Crippen LogP contribution >= 0.6 is 7.76 Å². The van der Waals surface area contributed by atoms with E-state index in [0.717, 1.165) is 0 Å². The maximum Gasteiger partial charge on any atom is 0.399 e. The van der Waals surface area contributed by atoms with Gasteiger partial charge in [0.15, 0.2) is 0 Å². The van der Waals surface area contributed by atoms with Crippen LogP contribution in [0.1, 0.15) is 0 Å². The molecule has 0 radical (unpaired) electrons. The normalized spacial score (nSPS) is 11.8. The van der Waals surface area contributed by atoms with Crippen LogP contribution < -0.4 is 0 Å². The molecular weight excluding hydrogens is 99.0 g/mol. The predicted octanol–water partition coefficient (Wildman–Crippen LogP) is 1.75. The third-order valence-electron chi connectivity index (χ3n) is 0. The lowest BCUT2D eigenvalue weighted by atomic mass is 13.9. The molecular formula is CH3F2OP. The van der Waals surface area contributed by atoms with Crippen LogP contribution in [0.25, 0.3) is 0 Å². The Hall–Kier alpha value is 0.0900. The zero-order valence-corrected chi connectivity index (χ0v) is 3.51. The molecule has 0 aliphatic rings. The van der Waals surface area contributed by atoms with Gasteiger partial charge in [-0.25, -0.2) is 0 Å². The van der Waals surface area contributed by atoms with Crippen LogP contribution in [0.5, 0.6) is 0 Å². The van der Waals surface area contributed by atoms with Crippen LogP contribution in [0.2, 0.25) is 0 Å². The molecule has 4 heteroatoms. The van der Waals surface area contributed by atoms with Crippen molar-refractivity contribution in [1.82, 2.24) is 0 Å². The largest absolute Gasteiger partial charge is 0.399 e. The van der Waals surface area contributed by atoms with Gasteiger partial charge in [-0.1, -0.05) is 0 Å². The Morgan fingerprint density at radius 2 is 1.60 bits per heavy atom. The molecule has 0 spiro atoms. The van der Waals surface area contributed by atoms with E-state index < -0.39 is 7.76 Å². The standard InChI is InChI=1S/CH3F2OP/c1-5(2,3)4/h1H3/i1+2. The fourth-order valence-corrected chi connectivity index (χ4v) is 0. The van der Waals surface area contributed by atoms with Crippen molar-refractivity contribution in [1.29, 1.82) is 0 Å². The van der Waals surface area contributed by atoms with Crippen molar-refractivity contribution in [3.05, 3.63) is 0 Å². The van der Waals surface area contributed by atoms with Gasteiger partial charge in [0.25, 0.3) is 0 Å². The molecule has 0 saturated heterocycles. The molecule has 0 heterocycles. The SMILES string of the molecule is [14CH3]P(=O)(F)F. The van der Waals surface area contributed by atoms with E-state index in [9.17, 15) is 8.39 Å². The summed E-state index contributed by atoms with van der Waals surface area (Å²) in [6, 6.07) is 0. The van der Waals surface area contributed by atoms with Crippen molar-refractivity contribution in [3.8, 4) is 0 Å². The minimum absolute atomic E-state index is 0.410. The first kappa shape index (κ1) is 5.09. The number of hydrogen-bond donors (Lipinski definition) is 0. The van der Waals surface area contributed by atoms with E-state index in [-0.39, 0.29) is 0 Å². The summed E-state index contributed by atoms with van der Waals surface area (Å²) in [5, 5.41) is 0. The van der Waals surface area contributed by atoms with Gasteiger partial charge < -0.3 is 0 Å². The van der Waals surface area contributed by atoms with Crippen LogP contribution in [0, 0.1) is 0 Å². The highest BCUT2D eigenvalue weighted by molar-refractivity contribution is 7.52. The highest BCUT2D eigenvalue weighted by atomic mass is 31.2. The Kier molecular flexibility index (Phi) is 1.07. The lowest BCUT2D eigenvalue weighted by Crippen LogP contribution is -1.42. The van der Waals surface area contributed by atoms with Crippen LogP contribution in [0.15, 0.2) is 0 Å². The van der Waals surface area contributed by atoms with E-state index >= 15 is 0 Å². The minimum Gasteiger partial charge on any atom is -0.250 e. The summed E-state index contributed by atoms with van der Waals surface area (Å²) >= 11 is 0. The summed E-state index contributed by atoms with van der Waals surface area (Å²) in [5.74, 6) is 0. The third kappa shape index (κ3) is 2210. The summed E-state index contributed by atoms with van der Waals surface area (Å²) in [7, 11) is -4.64. The van der Waals surface area contributed by atoms with Gasteiger partial charge >= 0.3 is 7.76 Å². The molecule has 0 saturated carbocycles. The fraction of sp³-hybridized carbons (Fsp3) is 1.00. The minimum atomic E-state index is -4.64. The summed E-state index contributed by atoms with van der Waals surface area (Å²) in [6.45, 7) is 0.410. The van der Waals surface area contributed by atoms with Gasteiger partial charge in [0.05, 0.1) is 0 Å². The van der Waals surface area contributed by atoms with E-state index in [2.05, 4.69) is 0 Å². The van der Waals surface area contributed by atoms with Gasteiger partial charge in [0.1, 0.15) is 0 Å². The first-order valence-corrected chi connectivity index (χ1v) is 2.90. The van der Waals surface area contributed by atoms with Crippen LogP contribution in [-0.4, -0.2) is 6.66 Å². The molecule has 0 atom stereocenters. The van der Waals surface area contributed by atoms with Crippen molar-refractivity contribution >= 4 is 7.76 Å². The molecule has 32 valence electrons. The zero-order valence-electron chi connectivity index (χ0n) is 2.61. The molecule has 0 bridgehead atoms. The van der Waals surface area contributed by atoms with E-state index in [1.54, 1.807) is 0 Å². The summed E-state index contributed by atoms with van der Waals surface area (Å²) in [5.41, 5.74) is 0. The van der Waals surface area contributed by atoms with Crippen LogP contribution in [0.3, 0.4) is 0 Å². The molecule has 0 fully saturated rings. The second-order valence-corrected chi connectivity index (χ2v) is 2.17. The highest BCUT2D eigenvalue weighted by Crippen LogP contribution is 2.43. The molecule has 0 aromatic rings. The summed E-state index contributed by atoms with van der Waals surface area (Å²) in [6.07, 6.45) is 0. The Morgan fingerprint density at radius 3 is 1.60 bits per heavy atom. The van der Waals surface area contributed by atoms with Crippen molar-refractivity contribution < 1.29 is 13.0 Å². The second kappa shape index (κ2) is 1.05. The van der Waals surface area contributed by atoms with E-state index in [4.69, 9.17) is 4.57 Å². The molecule has 0 aliphatic carbocycles. The average molecular weight is 102 g/mol. The van der Waals surface area contributed by atoms with Gasteiger partial charge in [0, 0.05) is 6.66 Å². The average Bonchev–Trinajstić information content (AvgIpc) is 0.722. The summed E-state index contributed by atoms with van der Waals surface area (Å²) in [4.78, 5) is 0. The van der Waals surface area contributed by atoms with Crippen molar-refractivity contribution in [2.24, 2.45) is 0 Å². The molecule has 0 aliphatic heterocycles. The molecule has 0 unspecified atom stereocenters. The quantitative estimate of drug-likeness (QED) is 0.426. The fourth-order valence-electron chi connectivity index (χ4n) is 0. The molecule has 5 heavy (non-hydrogen) atoms. The number of rotatable bonds is 0. The Balaban J connectivity index is 3.47. The first-order chi connectivity index (χ1) is 2.00. The van der Waals surface area contributed by atoms with Crippen LogP contribution in [0.4, 0.5) is 8.39 Å². The second-order valence-electron chi connectivity index (χ2n) is 0.723. The third-order valence-corrected chi connectivity index (χ3v) is 0. The van der Waals surface area contributed by atoms with Gasteiger partial charge in [0.2, 0.25) is 0 Å². The Labute approximate surface area is 28.6 Å². The molecule has 0 amide bonds. The van der Waals surface area contributed by atoms with Crippen LogP contribution in [-0.2, 0) is 4.57 Å². The zero-order chi connectivity index (χ0) is 4.50. The number of hydrogen-bond acceptors (Lipinski definition) is 1. The van der Waals surface area contributed by atoms with E-state index in [0.29, 0.717) is 6.66 Å². The molecule has 0 N–H and O–H groups in total. The maximum atomic E-state index is 10.6. The lowest BCUT2D eigenvalue weighted by Gasteiger charge is -1.75. The van der Waals surface area contributed by atoms with Crippen molar-refractivity contribution in [3.63, 3.8) is 0 Å². The topological polar surface area (TPSA) is 17.1 Å². The molecule has 1 nitrogen and oxygen atoms in total. The maximum absolute atomic E-state index is 10.6.